The number of carbonyl (C=O) groups is 1. The molecule has 2 aromatic rings. The summed E-state index contributed by atoms with van der Waals surface area (Å²) in [6.45, 7) is 0. The van der Waals surface area contributed by atoms with Crippen molar-refractivity contribution in [2.45, 2.75) is 0 Å². The summed E-state index contributed by atoms with van der Waals surface area (Å²) >= 11 is 3.29. The minimum atomic E-state index is -0.434. The summed E-state index contributed by atoms with van der Waals surface area (Å²) in [5.41, 5.74) is 3.53. The average Bonchev–Trinajstić information content (AvgIpc) is 2.56. The lowest BCUT2D eigenvalue weighted by Crippen LogP contribution is -2.14. The Kier molecular flexibility index (Phi) is 5.28. The third-order valence-electron chi connectivity index (χ3n) is 2.81. The van der Waals surface area contributed by atoms with E-state index in [-0.39, 0.29) is 5.71 Å². The fourth-order valence-corrected chi connectivity index (χ4v) is 1.91. The van der Waals surface area contributed by atoms with Crippen LogP contribution in [0.25, 0.3) is 0 Å². The summed E-state index contributed by atoms with van der Waals surface area (Å²) in [7, 11) is 1.57. The Labute approximate surface area is 136 Å². The molecule has 0 amide bonds. The first-order chi connectivity index (χ1) is 10.6. The molecule has 1 N–H and O–H groups in total. The number of hydrogen-bond acceptors (Lipinski definition) is 5. The number of Topliss-reactive ketones (excluding diaryl/α,β-unsaturated/α-hetero) is 1. The fourth-order valence-electron chi connectivity index (χ4n) is 1.65. The van der Waals surface area contributed by atoms with Gasteiger partial charge in [-0.05, 0) is 48.5 Å². The summed E-state index contributed by atoms with van der Waals surface area (Å²) in [5, 5.41) is 13.0. The molecule has 2 rings (SSSR count). The summed E-state index contributed by atoms with van der Waals surface area (Å²) in [6, 6.07) is 15.5. The van der Waals surface area contributed by atoms with E-state index in [1.165, 1.54) is 0 Å². The monoisotopic (exact) mass is 357 g/mol. The van der Waals surface area contributed by atoms with E-state index < -0.39 is 5.78 Å². The number of methoxy groups -OCH3 is 1. The number of ether oxygens (including phenoxy) is 1. The van der Waals surface area contributed by atoms with Crippen LogP contribution in [0.3, 0.4) is 0 Å². The number of carbonyl (C=O) groups excluding carboxylic acids is 1. The number of ketones is 1. The summed E-state index contributed by atoms with van der Waals surface area (Å²) in [4.78, 5) is 12.2. The van der Waals surface area contributed by atoms with Crippen LogP contribution in [0.4, 0.5) is 5.69 Å². The van der Waals surface area contributed by atoms with E-state index in [9.17, 15) is 4.79 Å². The highest BCUT2D eigenvalue weighted by atomic mass is 79.9. The fraction of sp³-hybridized carbons (Fsp3) is 0.0625. The van der Waals surface area contributed by atoms with Crippen LogP contribution in [0, 0.1) is 11.3 Å². The SMILES string of the molecule is COc1ccc(NN=C(C#N)C(=O)c2ccc(Br)cc2)cc1. The number of benzene rings is 2. The van der Waals surface area contributed by atoms with Crippen LogP contribution in [-0.4, -0.2) is 18.6 Å². The maximum Gasteiger partial charge on any atom is 0.223 e. The second-order valence-electron chi connectivity index (χ2n) is 4.25. The van der Waals surface area contributed by atoms with Crippen LogP contribution in [0.1, 0.15) is 10.4 Å². The highest BCUT2D eigenvalue weighted by molar-refractivity contribution is 9.10. The van der Waals surface area contributed by atoms with Gasteiger partial charge in [-0.2, -0.15) is 10.4 Å². The van der Waals surface area contributed by atoms with Crippen molar-refractivity contribution in [3.8, 4) is 11.8 Å². The van der Waals surface area contributed by atoms with Gasteiger partial charge in [0.25, 0.3) is 0 Å². The third-order valence-corrected chi connectivity index (χ3v) is 3.34. The highest BCUT2D eigenvalue weighted by Crippen LogP contribution is 2.15. The molecule has 0 saturated carbocycles. The van der Waals surface area contributed by atoms with Crippen LogP contribution in [0.2, 0.25) is 0 Å². The number of nitrogens with one attached hydrogen (secondary N) is 1. The zero-order chi connectivity index (χ0) is 15.9. The first-order valence-electron chi connectivity index (χ1n) is 6.32. The molecule has 22 heavy (non-hydrogen) atoms. The Balaban J connectivity index is 2.14. The molecule has 0 heterocycles. The van der Waals surface area contributed by atoms with Crippen molar-refractivity contribution in [2.75, 3.05) is 12.5 Å². The number of halogens is 1. The smallest absolute Gasteiger partial charge is 0.223 e. The van der Waals surface area contributed by atoms with E-state index in [0.29, 0.717) is 17.0 Å². The van der Waals surface area contributed by atoms with Gasteiger partial charge in [0.15, 0.2) is 0 Å². The minimum absolute atomic E-state index is 0.210. The summed E-state index contributed by atoms with van der Waals surface area (Å²) < 4.78 is 5.91. The molecule has 0 unspecified atom stereocenters. The molecule has 2 aromatic carbocycles. The molecular weight excluding hydrogens is 346 g/mol. The highest BCUT2D eigenvalue weighted by Gasteiger charge is 2.13. The minimum Gasteiger partial charge on any atom is -0.497 e. The predicted molar refractivity (Wildman–Crippen MR) is 88.1 cm³/mol. The van der Waals surface area contributed by atoms with Gasteiger partial charge >= 0.3 is 0 Å². The van der Waals surface area contributed by atoms with E-state index >= 15 is 0 Å². The van der Waals surface area contributed by atoms with Crippen molar-refractivity contribution in [3.05, 3.63) is 58.6 Å². The van der Waals surface area contributed by atoms with Gasteiger partial charge in [-0.1, -0.05) is 15.9 Å². The first kappa shape index (κ1) is 15.7. The average molecular weight is 358 g/mol. The topological polar surface area (TPSA) is 74.5 Å². The maximum absolute atomic E-state index is 12.2. The second kappa shape index (κ2) is 7.38. The molecule has 0 bridgehead atoms. The quantitative estimate of drug-likeness (QED) is 0.503. The van der Waals surface area contributed by atoms with Crippen molar-refractivity contribution in [3.63, 3.8) is 0 Å². The molecule has 0 aliphatic heterocycles. The molecule has 6 heteroatoms. The Bertz CT molecular complexity index is 731. The van der Waals surface area contributed by atoms with Gasteiger partial charge in [0.1, 0.15) is 11.8 Å². The molecule has 0 aliphatic rings. The number of hydrazone groups is 1. The van der Waals surface area contributed by atoms with E-state index in [1.807, 2.05) is 6.07 Å². The van der Waals surface area contributed by atoms with Crippen LogP contribution < -0.4 is 10.2 Å². The lowest BCUT2D eigenvalue weighted by molar-refractivity contribution is 0.106. The first-order valence-corrected chi connectivity index (χ1v) is 7.11. The molecular formula is C16H12BrN3O2. The molecule has 0 aliphatic carbocycles. The standard InChI is InChI=1S/C16H12BrN3O2/c1-22-14-8-6-13(7-9-14)19-20-15(10-18)16(21)11-2-4-12(17)5-3-11/h2-9,19H,1H3. The molecule has 0 atom stereocenters. The molecule has 0 spiro atoms. The summed E-state index contributed by atoms with van der Waals surface area (Å²) in [6.07, 6.45) is 0. The Hall–Kier alpha value is -2.65. The van der Waals surface area contributed by atoms with E-state index in [4.69, 9.17) is 10.00 Å². The van der Waals surface area contributed by atoms with Crippen LogP contribution in [0.5, 0.6) is 5.75 Å². The van der Waals surface area contributed by atoms with Crippen molar-refractivity contribution < 1.29 is 9.53 Å². The normalized spacial score (nSPS) is 10.7. The Morgan fingerprint density at radius 2 is 1.82 bits per heavy atom. The van der Waals surface area contributed by atoms with Crippen LogP contribution in [-0.2, 0) is 0 Å². The van der Waals surface area contributed by atoms with Crippen molar-refractivity contribution >= 4 is 33.1 Å². The van der Waals surface area contributed by atoms with Gasteiger partial charge in [-0.15, -0.1) is 0 Å². The molecule has 0 aromatic heterocycles. The van der Waals surface area contributed by atoms with Crippen molar-refractivity contribution in [1.29, 1.82) is 5.26 Å². The van der Waals surface area contributed by atoms with Gasteiger partial charge < -0.3 is 4.74 Å². The zero-order valence-corrected chi connectivity index (χ0v) is 13.3. The van der Waals surface area contributed by atoms with E-state index in [0.717, 1.165) is 4.47 Å². The molecule has 110 valence electrons. The van der Waals surface area contributed by atoms with E-state index in [1.54, 1.807) is 55.6 Å². The number of nitriles is 1. The van der Waals surface area contributed by atoms with Gasteiger partial charge in [-0.3, -0.25) is 10.2 Å². The largest absolute Gasteiger partial charge is 0.497 e. The second-order valence-corrected chi connectivity index (χ2v) is 5.16. The lowest BCUT2D eigenvalue weighted by Gasteiger charge is -2.03. The number of nitrogens with zero attached hydrogens (tertiary/aromatic N) is 2. The van der Waals surface area contributed by atoms with Gasteiger partial charge in [0.05, 0.1) is 12.8 Å². The Morgan fingerprint density at radius 1 is 1.18 bits per heavy atom. The van der Waals surface area contributed by atoms with Crippen molar-refractivity contribution in [2.24, 2.45) is 5.10 Å². The maximum atomic E-state index is 12.2. The van der Waals surface area contributed by atoms with Crippen LogP contribution in [0.15, 0.2) is 58.1 Å². The molecule has 0 saturated heterocycles. The molecule has 0 radical (unpaired) electrons. The molecule has 5 nitrogen and oxygen atoms in total. The lowest BCUT2D eigenvalue weighted by atomic mass is 10.1. The summed E-state index contributed by atoms with van der Waals surface area (Å²) in [5.74, 6) is 0.275. The number of anilines is 1. The zero-order valence-electron chi connectivity index (χ0n) is 11.7. The Morgan fingerprint density at radius 3 is 2.36 bits per heavy atom. The molecule has 0 fully saturated rings. The van der Waals surface area contributed by atoms with Gasteiger partial charge in [-0.25, -0.2) is 0 Å². The van der Waals surface area contributed by atoms with Crippen molar-refractivity contribution in [1.82, 2.24) is 0 Å². The van der Waals surface area contributed by atoms with Gasteiger partial charge in [0.2, 0.25) is 11.5 Å². The van der Waals surface area contributed by atoms with Crippen LogP contribution >= 0.6 is 15.9 Å². The predicted octanol–water partition coefficient (Wildman–Crippen LogP) is 3.63. The van der Waals surface area contributed by atoms with E-state index in [2.05, 4.69) is 26.5 Å². The third kappa shape index (κ3) is 3.93. The van der Waals surface area contributed by atoms with Gasteiger partial charge in [0, 0.05) is 10.0 Å². The number of rotatable bonds is 5. The number of hydrogen-bond donors (Lipinski definition) is 1.